The third-order valence-electron chi connectivity index (χ3n) is 4.53. The molecule has 6 nitrogen and oxygen atoms in total. The first-order valence-electron chi connectivity index (χ1n) is 8.36. The number of aryl methyl sites for hydroxylation is 1. The zero-order valence-electron chi connectivity index (χ0n) is 14.7. The van der Waals surface area contributed by atoms with Crippen LogP contribution in [0.1, 0.15) is 42.1 Å². The van der Waals surface area contributed by atoms with Crippen molar-refractivity contribution in [3.05, 3.63) is 46.6 Å². The summed E-state index contributed by atoms with van der Waals surface area (Å²) in [6.45, 7) is 5.96. The minimum absolute atomic E-state index is 0.119. The first kappa shape index (κ1) is 16.9. The fraction of sp³-hybridized carbons (Fsp3) is 0.368. The molecule has 1 aromatic heterocycles. The molecule has 0 radical (unpaired) electrons. The van der Waals surface area contributed by atoms with Crippen molar-refractivity contribution in [2.45, 2.75) is 46.2 Å². The summed E-state index contributed by atoms with van der Waals surface area (Å²) in [6, 6.07) is 10.4. The molecule has 25 heavy (non-hydrogen) atoms. The molecule has 0 unspecified atom stereocenters. The van der Waals surface area contributed by atoms with Crippen molar-refractivity contribution < 1.29 is 4.79 Å². The number of anilines is 2. The monoisotopic (exact) mass is 335 g/mol. The van der Waals surface area contributed by atoms with Crippen LogP contribution in [0.2, 0.25) is 0 Å². The van der Waals surface area contributed by atoms with Crippen molar-refractivity contribution >= 4 is 17.4 Å². The van der Waals surface area contributed by atoms with E-state index in [0.29, 0.717) is 24.0 Å². The van der Waals surface area contributed by atoms with E-state index in [2.05, 4.69) is 21.6 Å². The number of carbonyl (C=O) groups excluding carboxylic acids is 1. The van der Waals surface area contributed by atoms with Gasteiger partial charge in [-0.25, -0.2) is 0 Å². The van der Waals surface area contributed by atoms with Crippen LogP contribution in [0.3, 0.4) is 0 Å². The second-order valence-corrected chi connectivity index (χ2v) is 6.45. The molecule has 6 heteroatoms. The number of nitrogens with one attached hydrogen (secondary N) is 1. The van der Waals surface area contributed by atoms with Crippen molar-refractivity contribution in [2.24, 2.45) is 0 Å². The maximum Gasteiger partial charge on any atom is 0.219 e. The van der Waals surface area contributed by atoms with Gasteiger partial charge >= 0.3 is 0 Å². The fourth-order valence-corrected chi connectivity index (χ4v) is 2.74. The third-order valence-corrected chi connectivity index (χ3v) is 4.53. The third kappa shape index (κ3) is 3.77. The Morgan fingerprint density at radius 1 is 1.28 bits per heavy atom. The fourth-order valence-electron chi connectivity index (χ4n) is 2.74. The summed E-state index contributed by atoms with van der Waals surface area (Å²) in [5.74, 6) is 0.579. The molecule has 3 rings (SSSR count). The Kier molecular flexibility index (Phi) is 4.66. The maximum absolute atomic E-state index is 11.7. The molecular formula is C19H21N5O. The van der Waals surface area contributed by atoms with Crippen LogP contribution in [-0.4, -0.2) is 27.0 Å². The number of benzene rings is 1. The van der Waals surface area contributed by atoms with E-state index >= 15 is 0 Å². The van der Waals surface area contributed by atoms with E-state index in [1.165, 1.54) is 0 Å². The lowest BCUT2D eigenvalue weighted by molar-refractivity contribution is -0.130. The van der Waals surface area contributed by atoms with E-state index in [-0.39, 0.29) is 5.91 Å². The Balaban J connectivity index is 1.74. The summed E-state index contributed by atoms with van der Waals surface area (Å²) < 4.78 is 0. The molecule has 1 heterocycles. The predicted molar refractivity (Wildman–Crippen MR) is 95.2 cm³/mol. The molecule has 1 aromatic carbocycles. The Morgan fingerprint density at radius 3 is 2.52 bits per heavy atom. The number of carbonyl (C=O) groups is 1. The topological polar surface area (TPSA) is 81.9 Å². The van der Waals surface area contributed by atoms with Gasteiger partial charge in [0.2, 0.25) is 5.91 Å². The molecule has 1 fully saturated rings. The molecule has 1 saturated carbocycles. The maximum atomic E-state index is 11.7. The number of amides is 1. The van der Waals surface area contributed by atoms with E-state index < -0.39 is 0 Å². The lowest BCUT2D eigenvalue weighted by atomic mass is 10.1. The SMILES string of the molecule is CC(=O)N(Cc1ccc(Nc2nnc(C)c(C)c2C#N)cc1)C1CC1. The van der Waals surface area contributed by atoms with Crippen LogP contribution in [-0.2, 0) is 11.3 Å². The lowest BCUT2D eigenvalue weighted by Crippen LogP contribution is -2.30. The van der Waals surface area contributed by atoms with E-state index in [4.69, 9.17) is 0 Å². The van der Waals surface area contributed by atoms with E-state index in [0.717, 1.165) is 35.3 Å². The number of hydrogen-bond acceptors (Lipinski definition) is 5. The molecular weight excluding hydrogens is 314 g/mol. The molecule has 2 aromatic rings. The largest absolute Gasteiger partial charge is 0.338 e. The zero-order valence-corrected chi connectivity index (χ0v) is 14.7. The smallest absolute Gasteiger partial charge is 0.219 e. The lowest BCUT2D eigenvalue weighted by Gasteiger charge is -2.20. The van der Waals surface area contributed by atoms with Gasteiger partial charge in [-0.05, 0) is 49.9 Å². The highest BCUT2D eigenvalue weighted by Gasteiger charge is 2.30. The van der Waals surface area contributed by atoms with Gasteiger partial charge in [-0.3, -0.25) is 4.79 Å². The first-order chi connectivity index (χ1) is 12.0. The van der Waals surface area contributed by atoms with Crippen LogP contribution in [0.5, 0.6) is 0 Å². The first-order valence-corrected chi connectivity index (χ1v) is 8.36. The number of rotatable bonds is 5. The number of nitriles is 1. The molecule has 128 valence electrons. The van der Waals surface area contributed by atoms with Crippen LogP contribution in [0, 0.1) is 25.2 Å². The average molecular weight is 335 g/mol. The van der Waals surface area contributed by atoms with Gasteiger partial charge in [-0.1, -0.05) is 12.1 Å². The molecule has 1 N–H and O–H groups in total. The number of hydrogen-bond donors (Lipinski definition) is 1. The molecule has 1 amide bonds. The molecule has 1 aliphatic carbocycles. The standard InChI is InChI=1S/C19H21N5O/c1-12-13(2)22-23-19(18(12)10-20)21-16-6-4-15(5-7-16)11-24(14(3)25)17-8-9-17/h4-7,17H,8-9,11H2,1-3H3,(H,21,23). The second-order valence-electron chi connectivity index (χ2n) is 6.45. The van der Waals surface area contributed by atoms with E-state index in [9.17, 15) is 10.1 Å². The van der Waals surface area contributed by atoms with Crippen LogP contribution < -0.4 is 5.32 Å². The van der Waals surface area contributed by atoms with Crippen molar-refractivity contribution in [2.75, 3.05) is 5.32 Å². The highest BCUT2D eigenvalue weighted by molar-refractivity contribution is 5.74. The van der Waals surface area contributed by atoms with Gasteiger partial charge in [0.1, 0.15) is 11.6 Å². The molecule has 0 atom stereocenters. The predicted octanol–water partition coefficient (Wildman–Crippen LogP) is 3.22. The van der Waals surface area contributed by atoms with Gasteiger partial charge < -0.3 is 10.2 Å². The van der Waals surface area contributed by atoms with Crippen LogP contribution in [0.4, 0.5) is 11.5 Å². The van der Waals surface area contributed by atoms with Crippen molar-refractivity contribution in [3.63, 3.8) is 0 Å². The Bertz CT molecular complexity index is 834. The summed E-state index contributed by atoms with van der Waals surface area (Å²) in [5.41, 5.74) is 4.01. The summed E-state index contributed by atoms with van der Waals surface area (Å²) in [6.07, 6.45) is 2.20. The van der Waals surface area contributed by atoms with Crippen molar-refractivity contribution in [1.82, 2.24) is 15.1 Å². The van der Waals surface area contributed by atoms with E-state index in [1.807, 2.05) is 43.0 Å². The van der Waals surface area contributed by atoms with Gasteiger partial charge in [-0.15, -0.1) is 5.10 Å². The van der Waals surface area contributed by atoms with Crippen LogP contribution in [0.15, 0.2) is 24.3 Å². The highest BCUT2D eigenvalue weighted by atomic mass is 16.2. The van der Waals surface area contributed by atoms with Gasteiger partial charge in [0.25, 0.3) is 0 Å². The molecule has 1 aliphatic rings. The number of aromatic nitrogens is 2. The molecule has 0 saturated heterocycles. The summed E-state index contributed by atoms with van der Waals surface area (Å²) in [5, 5.41) is 20.7. The minimum Gasteiger partial charge on any atom is -0.338 e. The van der Waals surface area contributed by atoms with Gasteiger partial charge in [0.15, 0.2) is 5.82 Å². The zero-order chi connectivity index (χ0) is 18.0. The van der Waals surface area contributed by atoms with Crippen LogP contribution >= 0.6 is 0 Å². The van der Waals surface area contributed by atoms with Crippen LogP contribution in [0.25, 0.3) is 0 Å². The average Bonchev–Trinajstić information content (AvgIpc) is 3.42. The normalized spacial score (nSPS) is 13.2. The summed E-state index contributed by atoms with van der Waals surface area (Å²) in [4.78, 5) is 13.7. The van der Waals surface area contributed by atoms with Gasteiger partial charge in [0, 0.05) is 25.2 Å². The molecule has 0 aliphatic heterocycles. The van der Waals surface area contributed by atoms with Gasteiger partial charge in [0.05, 0.1) is 5.69 Å². The molecule has 0 bridgehead atoms. The Hall–Kier alpha value is -2.94. The number of nitrogens with zero attached hydrogens (tertiary/aromatic N) is 4. The Labute approximate surface area is 147 Å². The highest BCUT2D eigenvalue weighted by Crippen LogP contribution is 2.29. The summed E-state index contributed by atoms with van der Waals surface area (Å²) >= 11 is 0. The Morgan fingerprint density at radius 2 is 1.96 bits per heavy atom. The minimum atomic E-state index is 0.119. The van der Waals surface area contributed by atoms with Gasteiger partial charge in [-0.2, -0.15) is 10.4 Å². The molecule has 0 spiro atoms. The quantitative estimate of drug-likeness (QED) is 0.907. The van der Waals surface area contributed by atoms with Crippen molar-refractivity contribution in [3.8, 4) is 6.07 Å². The van der Waals surface area contributed by atoms with Crippen molar-refractivity contribution in [1.29, 1.82) is 5.26 Å². The van der Waals surface area contributed by atoms with E-state index in [1.54, 1.807) is 6.92 Å². The second kappa shape index (κ2) is 6.89. The summed E-state index contributed by atoms with van der Waals surface area (Å²) in [7, 11) is 0.